The monoisotopic (exact) mass is 355 g/mol. The van der Waals surface area contributed by atoms with Gasteiger partial charge in [0.15, 0.2) is 0 Å². The highest BCUT2D eigenvalue weighted by Crippen LogP contribution is 2.37. The molecule has 0 spiro atoms. The number of rotatable bonds is 7. The maximum atomic E-state index is 13.1. The molecule has 2 heterocycles. The minimum atomic E-state index is -0.796. The highest BCUT2D eigenvalue weighted by Gasteiger charge is 2.27. The molecule has 7 heteroatoms. The topological polar surface area (TPSA) is 91.8 Å². The Morgan fingerprint density at radius 3 is 2.88 bits per heavy atom. The summed E-state index contributed by atoms with van der Waals surface area (Å²) in [5.74, 6) is 0.256. The van der Waals surface area contributed by atoms with Crippen LogP contribution < -0.4 is 15.0 Å². The van der Waals surface area contributed by atoms with Crippen LogP contribution >= 0.6 is 0 Å². The number of anilines is 3. The molecule has 136 valence electrons. The van der Waals surface area contributed by atoms with Crippen LogP contribution in [-0.2, 0) is 4.79 Å². The molecular formula is C19H21N3O4. The van der Waals surface area contributed by atoms with Gasteiger partial charge < -0.3 is 20.1 Å². The van der Waals surface area contributed by atoms with Crippen LogP contribution in [0, 0.1) is 0 Å². The molecule has 0 fully saturated rings. The van der Waals surface area contributed by atoms with E-state index in [1.807, 2.05) is 18.2 Å². The molecule has 1 aliphatic rings. The van der Waals surface area contributed by atoms with Gasteiger partial charge in [0.05, 0.1) is 24.0 Å². The molecule has 7 nitrogen and oxygen atoms in total. The molecule has 2 aromatic rings. The van der Waals surface area contributed by atoms with Gasteiger partial charge in [-0.3, -0.25) is 9.59 Å². The molecule has 1 amide bonds. The Labute approximate surface area is 151 Å². The van der Waals surface area contributed by atoms with Gasteiger partial charge in [-0.25, -0.2) is 4.98 Å². The Morgan fingerprint density at radius 1 is 1.27 bits per heavy atom. The fraction of sp³-hybridized carbons (Fsp3) is 0.316. The second kappa shape index (κ2) is 7.86. The molecule has 2 N–H and O–H groups in total. The van der Waals surface area contributed by atoms with Crippen LogP contribution in [-0.4, -0.2) is 35.6 Å². The lowest BCUT2D eigenvalue weighted by Gasteiger charge is -2.23. The van der Waals surface area contributed by atoms with Gasteiger partial charge in [-0.05, 0) is 37.1 Å². The lowest BCUT2D eigenvalue weighted by molar-refractivity contribution is -0.137. The normalized spacial score (nSPS) is 12.7. The quantitative estimate of drug-likeness (QED) is 0.739. The summed E-state index contributed by atoms with van der Waals surface area (Å²) >= 11 is 0. The second-order valence-corrected chi connectivity index (χ2v) is 6.07. The third-order valence-electron chi connectivity index (χ3n) is 4.30. The van der Waals surface area contributed by atoms with Crippen molar-refractivity contribution in [1.29, 1.82) is 0 Å². The van der Waals surface area contributed by atoms with E-state index in [9.17, 15) is 9.59 Å². The first-order valence-electron chi connectivity index (χ1n) is 8.54. The summed E-state index contributed by atoms with van der Waals surface area (Å²) in [7, 11) is 1.58. The summed E-state index contributed by atoms with van der Waals surface area (Å²) in [6, 6.07) is 9.00. The van der Waals surface area contributed by atoms with Crippen LogP contribution in [0.4, 0.5) is 17.2 Å². The molecule has 1 aromatic heterocycles. The van der Waals surface area contributed by atoms with Gasteiger partial charge in [0.2, 0.25) is 0 Å². The summed E-state index contributed by atoms with van der Waals surface area (Å²) in [6.45, 7) is 0.495. The molecule has 0 aliphatic carbocycles. The number of amides is 1. The fourth-order valence-corrected chi connectivity index (χ4v) is 2.97. The summed E-state index contributed by atoms with van der Waals surface area (Å²) < 4.78 is 5.30. The third-order valence-corrected chi connectivity index (χ3v) is 4.30. The van der Waals surface area contributed by atoms with Crippen molar-refractivity contribution in [3.05, 3.63) is 42.1 Å². The summed E-state index contributed by atoms with van der Waals surface area (Å²) in [6.07, 6.45) is 3.84. The molecule has 1 aromatic carbocycles. The molecule has 0 saturated heterocycles. The lowest BCUT2D eigenvalue weighted by atomic mass is 10.1. The van der Waals surface area contributed by atoms with Crippen LogP contribution in [0.5, 0.6) is 5.75 Å². The maximum Gasteiger partial charge on any atom is 0.303 e. The number of ether oxygens (including phenoxy) is 1. The summed E-state index contributed by atoms with van der Waals surface area (Å²) in [5.41, 5.74) is 2.01. The van der Waals surface area contributed by atoms with Crippen molar-refractivity contribution < 1.29 is 19.4 Å². The van der Waals surface area contributed by atoms with Crippen molar-refractivity contribution in [2.75, 3.05) is 23.9 Å². The largest absolute Gasteiger partial charge is 0.497 e. The van der Waals surface area contributed by atoms with E-state index in [4.69, 9.17) is 9.84 Å². The van der Waals surface area contributed by atoms with E-state index in [-0.39, 0.29) is 12.3 Å². The number of fused-ring (bicyclic) bond motifs is 2. The number of carbonyl (C=O) groups is 2. The predicted octanol–water partition coefficient (Wildman–Crippen LogP) is 3.44. The van der Waals surface area contributed by atoms with E-state index in [0.717, 1.165) is 17.8 Å². The van der Waals surface area contributed by atoms with Gasteiger partial charge in [0.1, 0.15) is 11.6 Å². The van der Waals surface area contributed by atoms with Crippen molar-refractivity contribution in [1.82, 2.24) is 4.98 Å². The van der Waals surface area contributed by atoms with E-state index in [1.54, 1.807) is 30.3 Å². The van der Waals surface area contributed by atoms with Crippen LogP contribution in [0.1, 0.15) is 36.0 Å². The highest BCUT2D eigenvalue weighted by molar-refractivity contribution is 6.13. The van der Waals surface area contributed by atoms with Gasteiger partial charge in [-0.15, -0.1) is 0 Å². The number of carboxylic acids is 1. The molecule has 26 heavy (non-hydrogen) atoms. The number of nitrogens with zero attached hydrogens (tertiary/aromatic N) is 2. The SMILES string of the molecule is COc1ccc2c(c1)N(CCCCCC(=O)O)C(=O)c1cccnc1N2. The molecule has 3 rings (SSSR count). The Bertz CT molecular complexity index is 822. The van der Waals surface area contributed by atoms with E-state index >= 15 is 0 Å². The van der Waals surface area contributed by atoms with E-state index < -0.39 is 5.97 Å². The van der Waals surface area contributed by atoms with E-state index in [1.165, 1.54) is 0 Å². The van der Waals surface area contributed by atoms with Crippen LogP contribution in [0.3, 0.4) is 0 Å². The summed E-state index contributed by atoms with van der Waals surface area (Å²) in [5, 5.41) is 12.0. The zero-order valence-electron chi connectivity index (χ0n) is 14.6. The zero-order chi connectivity index (χ0) is 18.5. The average molecular weight is 355 g/mol. The van der Waals surface area contributed by atoms with Gasteiger partial charge in [0, 0.05) is 25.2 Å². The van der Waals surface area contributed by atoms with Crippen LogP contribution in [0.2, 0.25) is 0 Å². The number of carbonyl (C=O) groups excluding carboxylic acids is 1. The Hall–Kier alpha value is -3.09. The van der Waals surface area contributed by atoms with Crippen molar-refractivity contribution in [2.45, 2.75) is 25.7 Å². The average Bonchev–Trinajstić information content (AvgIpc) is 2.75. The zero-order valence-corrected chi connectivity index (χ0v) is 14.6. The Morgan fingerprint density at radius 2 is 2.12 bits per heavy atom. The minimum absolute atomic E-state index is 0.133. The Kier molecular flexibility index (Phi) is 5.36. The molecule has 0 radical (unpaired) electrons. The maximum absolute atomic E-state index is 13.1. The smallest absolute Gasteiger partial charge is 0.303 e. The third kappa shape index (κ3) is 3.77. The molecule has 0 bridgehead atoms. The molecule has 0 atom stereocenters. The van der Waals surface area contributed by atoms with Gasteiger partial charge in [0.25, 0.3) is 5.91 Å². The number of benzene rings is 1. The van der Waals surface area contributed by atoms with E-state index in [2.05, 4.69) is 10.3 Å². The first kappa shape index (κ1) is 17.7. The lowest BCUT2D eigenvalue weighted by Crippen LogP contribution is -2.31. The standard InChI is InChI=1S/C19H21N3O4/c1-26-13-8-9-15-16(12-13)22(11-4-2-3-7-17(23)24)19(25)14-6-5-10-20-18(14)21-15/h5-6,8-10,12H,2-4,7,11H2,1H3,(H,20,21)(H,23,24). The number of carboxylic acid groups (broad SMARTS) is 1. The van der Waals surface area contributed by atoms with Crippen molar-refractivity contribution in [3.8, 4) is 5.75 Å². The van der Waals surface area contributed by atoms with Crippen molar-refractivity contribution in [2.24, 2.45) is 0 Å². The number of hydrogen-bond donors (Lipinski definition) is 2. The first-order chi connectivity index (χ1) is 12.6. The Balaban J connectivity index is 1.87. The number of aromatic nitrogens is 1. The fourth-order valence-electron chi connectivity index (χ4n) is 2.97. The van der Waals surface area contributed by atoms with Crippen LogP contribution in [0.25, 0.3) is 0 Å². The molecule has 0 unspecified atom stereocenters. The van der Waals surface area contributed by atoms with Gasteiger partial charge >= 0.3 is 5.97 Å². The molecular weight excluding hydrogens is 334 g/mol. The molecule has 1 aliphatic heterocycles. The number of nitrogens with one attached hydrogen (secondary N) is 1. The number of aliphatic carboxylic acids is 1. The first-order valence-corrected chi connectivity index (χ1v) is 8.54. The second-order valence-electron chi connectivity index (χ2n) is 6.07. The summed E-state index contributed by atoms with van der Waals surface area (Å²) in [4.78, 5) is 29.7. The minimum Gasteiger partial charge on any atom is -0.497 e. The number of hydrogen-bond acceptors (Lipinski definition) is 5. The van der Waals surface area contributed by atoms with Gasteiger partial charge in [-0.2, -0.15) is 0 Å². The molecule has 0 saturated carbocycles. The predicted molar refractivity (Wildman–Crippen MR) is 98.3 cm³/mol. The van der Waals surface area contributed by atoms with Crippen molar-refractivity contribution >= 4 is 29.1 Å². The number of unbranched alkanes of at least 4 members (excludes halogenated alkanes) is 2. The highest BCUT2D eigenvalue weighted by atomic mass is 16.5. The van der Waals surface area contributed by atoms with E-state index in [0.29, 0.717) is 36.5 Å². The van der Waals surface area contributed by atoms with Gasteiger partial charge in [-0.1, -0.05) is 6.42 Å². The van der Waals surface area contributed by atoms with Crippen molar-refractivity contribution in [3.63, 3.8) is 0 Å². The van der Waals surface area contributed by atoms with Crippen LogP contribution in [0.15, 0.2) is 36.5 Å². The number of methoxy groups -OCH3 is 1. The number of pyridine rings is 1.